The zero-order valence-corrected chi connectivity index (χ0v) is 10.7. The molecule has 0 spiro atoms. The Hall–Kier alpha value is -1.94. The summed E-state index contributed by atoms with van der Waals surface area (Å²) in [4.78, 5) is 11.0. The highest BCUT2D eigenvalue weighted by Gasteiger charge is 2.13. The molecule has 18 heavy (non-hydrogen) atoms. The van der Waals surface area contributed by atoms with Crippen molar-refractivity contribution in [3.63, 3.8) is 0 Å². The summed E-state index contributed by atoms with van der Waals surface area (Å²) in [6.45, 7) is 0. The summed E-state index contributed by atoms with van der Waals surface area (Å²) in [6.07, 6.45) is 0. The minimum Gasteiger partial charge on any atom is -0.495 e. The Balaban J connectivity index is 2.49. The van der Waals surface area contributed by atoms with Gasteiger partial charge < -0.3 is 14.4 Å². The number of hydrogen-bond donors (Lipinski definition) is 1. The highest BCUT2D eigenvalue weighted by Crippen LogP contribution is 2.30. The Bertz CT molecular complexity index is 604. The van der Waals surface area contributed by atoms with Crippen molar-refractivity contribution < 1.29 is 14.6 Å². The van der Waals surface area contributed by atoms with Crippen LogP contribution in [0.3, 0.4) is 0 Å². The monoisotopic (exact) mass is 265 g/mol. The maximum atomic E-state index is 11.0. The van der Waals surface area contributed by atoms with Crippen molar-refractivity contribution in [2.75, 3.05) is 7.11 Å². The molecule has 0 aliphatic carbocycles. The molecule has 0 aliphatic rings. The standard InChI is InChI=1S/C13H12ClNO3/c1-15-10(4-5-11(15)13(16)17)8-3-6-12(18-2)9(14)7-8/h3-7H,1-2H3,(H,16,17). The number of methoxy groups -OCH3 is 1. The van der Waals surface area contributed by atoms with E-state index in [0.29, 0.717) is 10.8 Å². The molecule has 2 rings (SSSR count). The number of ether oxygens (including phenoxy) is 1. The summed E-state index contributed by atoms with van der Waals surface area (Å²) in [5.41, 5.74) is 1.87. The second kappa shape index (κ2) is 4.74. The minimum absolute atomic E-state index is 0.233. The third-order valence-corrected chi connectivity index (χ3v) is 3.08. The lowest BCUT2D eigenvalue weighted by Crippen LogP contribution is -2.05. The molecule has 1 aromatic carbocycles. The highest BCUT2D eigenvalue weighted by molar-refractivity contribution is 6.32. The summed E-state index contributed by atoms with van der Waals surface area (Å²) in [7, 11) is 3.25. The molecule has 0 atom stereocenters. The Morgan fingerprint density at radius 1 is 1.33 bits per heavy atom. The van der Waals surface area contributed by atoms with E-state index in [1.165, 1.54) is 0 Å². The van der Waals surface area contributed by atoms with Gasteiger partial charge in [0.1, 0.15) is 11.4 Å². The van der Waals surface area contributed by atoms with Crippen LogP contribution in [0.5, 0.6) is 5.75 Å². The van der Waals surface area contributed by atoms with Gasteiger partial charge in [0.2, 0.25) is 0 Å². The lowest BCUT2D eigenvalue weighted by atomic mass is 10.1. The van der Waals surface area contributed by atoms with E-state index in [9.17, 15) is 4.79 Å². The summed E-state index contributed by atoms with van der Waals surface area (Å²) < 4.78 is 6.69. The van der Waals surface area contributed by atoms with Gasteiger partial charge in [-0.05, 0) is 35.9 Å². The molecule has 5 heteroatoms. The van der Waals surface area contributed by atoms with E-state index >= 15 is 0 Å². The van der Waals surface area contributed by atoms with Gasteiger partial charge in [0.15, 0.2) is 0 Å². The predicted octanol–water partition coefficient (Wildman–Crippen LogP) is 3.05. The number of hydrogen-bond acceptors (Lipinski definition) is 2. The fourth-order valence-corrected chi connectivity index (χ4v) is 2.10. The molecule has 1 heterocycles. The van der Waals surface area contributed by atoms with Crippen LogP contribution in [-0.4, -0.2) is 22.8 Å². The van der Waals surface area contributed by atoms with Gasteiger partial charge >= 0.3 is 5.97 Å². The molecular weight excluding hydrogens is 254 g/mol. The van der Waals surface area contributed by atoms with Crippen molar-refractivity contribution in [2.45, 2.75) is 0 Å². The normalized spacial score (nSPS) is 10.4. The summed E-state index contributed by atoms with van der Waals surface area (Å²) in [5, 5.41) is 9.49. The minimum atomic E-state index is -0.955. The maximum absolute atomic E-state index is 11.0. The third-order valence-electron chi connectivity index (χ3n) is 2.79. The molecule has 1 aromatic heterocycles. The molecule has 0 unspecified atom stereocenters. The van der Waals surface area contributed by atoms with Crippen molar-refractivity contribution in [3.8, 4) is 17.0 Å². The van der Waals surface area contributed by atoms with E-state index in [1.54, 1.807) is 43.0 Å². The number of benzene rings is 1. The van der Waals surface area contributed by atoms with E-state index in [1.807, 2.05) is 6.07 Å². The van der Waals surface area contributed by atoms with E-state index in [-0.39, 0.29) is 5.69 Å². The summed E-state index contributed by atoms with van der Waals surface area (Å²) >= 11 is 6.05. The first-order valence-electron chi connectivity index (χ1n) is 5.27. The number of halogens is 1. The van der Waals surface area contributed by atoms with Crippen LogP contribution in [0, 0.1) is 0 Å². The zero-order valence-electron chi connectivity index (χ0n) is 9.98. The second-order valence-corrected chi connectivity index (χ2v) is 4.22. The average Bonchev–Trinajstić information content (AvgIpc) is 2.71. The zero-order chi connectivity index (χ0) is 13.3. The topological polar surface area (TPSA) is 51.5 Å². The van der Waals surface area contributed by atoms with Gasteiger partial charge in [-0.2, -0.15) is 0 Å². The predicted molar refractivity (Wildman–Crippen MR) is 69.4 cm³/mol. The van der Waals surface area contributed by atoms with E-state index < -0.39 is 5.97 Å². The fraction of sp³-hybridized carbons (Fsp3) is 0.154. The molecule has 0 radical (unpaired) electrons. The van der Waals surface area contributed by atoms with Crippen LogP contribution in [0.25, 0.3) is 11.3 Å². The first-order valence-corrected chi connectivity index (χ1v) is 5.65. The number of carbonyl (C=O) groups is 1. The first kappa shape index (κ1) is 12.5. The van der Waals surface area contributed by atoms with Gasteiger partial charge in [-0.15, -0.1) is 0 Å². The highest BCUT2D eigenvalue weighted by atomic mass is 35.5. The van der Waals surface area contributed by atoms with Crippen molar-refractivity contribution >= 4 is 17.6 Å². The molecule has 0 saturated carbocycles. The quantitative estimate of drug-likeness (QED) is 0.928. The van der Waals surface area contributed by atoms with Gasteiger partial charge in [0, 0.05) is 12.7 Å². The molecule has 0 fully saturated rings. The molecular formula is C13H12ClNO3. The van der Waals surface area contributed by atoms with E-state index in [4.69, 9.17) is 21.4 Å². The molecule has 0 saturated heterocycles. The lowest BCUT2D eigenvalue weighted by molar-refractivity contribution is 0.0687. The van der Waals surface area contributed by atoms with Crippen LogP contribution in [-0.2, 0) is 7.05 Å². The summed E-state index contributed by atoms with van der Waals surface area (Å²) in [6, 6.07) is 8.66. The molecule has 0 aliphatic heterocycles. The van der Waals surface area contributed by atoms with Crippen molar-refractivity contribution in [1.82, 2.24) is 4.57 Å². The average molecular weight is 266 g/mol. The maximum Gasteiger partial charge on any atom is 0.352 e. The molecule has 2 aromatic rings. The van der Waals surface area contributed by atoms with Gasteiger partial charge in [0.25, 0.3) is 0 Å². The Morgan fingerprint density at radius 2 is 2.06 bits per heavy atom. The van der Waals surface area contributed by atoms with Crippen LogP contribution >= 0.6 is 11.6 Å². The van der Waals surface area contributed by atoms with Crippen LogP contribution in [0.4, 0.5) is 0 Å². The lowest BCUT2D eigenvalue weighted by Gasteiger charge is -2.08. The molecule has 94 valence electrons. The van der Waals surface area contributed by atoms with Crippen LogP contribution in [0.1, 0.15) is 10.5 Å². The number of aromatic nitrogens is 1. The van der Waals surface area contributed by atoms with E-state index in [0.717, 1.165) is 11.3 Å². The van der Waals surface area contributed by atoms with Crippen LogP contribution in [0.15, 0.2) is 30.3 Å². The Morgan fingerprint density at radius 3 is 2.56 bits per heavy atom. The Labute approximate surface area is 109 Å². The van der Waals surface area contributed by atoms with Crippen molar-refractivity contribution in [2.24, 2.45) is 7.05 Å². The first-order chi connectivity index (χ1) is 8.54. The number of carboxylic acids is 1. The van der Waals surface area contributed by atoms with Gasteiger partial charge in [-0.1, -0.05) is 11.6 Å². The van der Waals surface area contributed by atoms with Gasteiger partial charge in [-0.25, -0.2) is 4.79 Å². The van der Waals surface area contributed by atoms with Gasteiger partial charge in [0.05, 0.1) is 12.1 Å². The van der Waals surface area contributed by atoms with Crippen LogP contribution in [0.2, 0.25) is 5.02 Å². The fourth-order valence-electron chi connectivity index (χ4n) is 1.84. The van der Waals surface area contributed by atoms with E-state index in [2.05, 4.69) is 0 Å². The largest absolute Gasteiger partial charge is 0.495 e. The number of carboxylic acid groups (broad SMARTS) is 1. The Kier molecular flexibility index (Phi) is 3.30. The third kappa shape index (κ3) is 2.07. The van der Waals surface area contributed by atoms with Gasteiger partial charge in [-0.3, -0.25) is 0 Å². The van der Waals surface area contributed by atoms with Crippen LogP contribution < -0.4 is 4.74 Å². The smallest absolute Gasteiger partial charge is 0.352 e. The summed E-state index contributed by atoms with van der Waals surface area (Å²) in [5.74, 6) is -0.364. The number of nitrogens with zero attached hydrogens (tertiary/aromatic N) is 1. The van der Waals surface area contributed by atoms with Crippen molar-refractivity contribution in [3.05, 3.63) is 41.0 Å². The molecule has 1 N–H and O–H groups in total. The molecule has 0 bridgehead atoms. The number of aromatic carboxylic acids is 1. The second-order valence-electron chi connectivity index (χ2n) is 3.82. The van der Waals surface area contributed by atoms with Crippen molar-refractivity contribution in [1.29, 1.82) is 0 Å². The number of rotatable bonds is 3. The molecule has 4 nitrogen and oxygen atoms in total. The molecule has 0 amide bonds. The SMILES string of the molecule is COc1ccc(-c2ccc(C(=O)O)n2C)cc1Cl.